The quantitative estimate of drug-likeness (QED) is 0.770. The van der Waals surface area contributed by atoms with Crippen LogP contribution in [0.25, 0.3) is 0 Å². The van der Waals surface area contributed by atoms with Gasteiger partial charge in [0.1, 0.15) is 6.26 Å². The minimum Gasteiger partial charge on any atom is -0.481 e. The summed E-state index contributed by atoms with van der Waals surface area (Å²) < 4.78 is 5.29. The van der Waals surface area contributed by atoms with Crippen LogP contribution < -0.4 is 5.32 Å². The summed E-state index contributed by atoms with van der Waals surface area (Å²) in [7, 11) is 0. The molecule has 1 unspecified atom stereocenters. The Morgan fingerprint density at radius 1 is 1.73 bits per heavy atom. The normalized spacial score (nSPS) is 21.5. The first-order valence-electron chi connectivity index (χ1n) is 5.12. The summed E-state index contributed by atoms with van der Waals surface area (Å²) in [5, 5.41) is 11.9. The van der Waals surface area contributed by atoms with E-state index in [0.29, 0.717) is 17.5 Å². The van der Waals surface area contributed by atoms with E-state index >= 15 is 0 Å². The number of piperidine rings is 1. The number of hydrogen-bond donors (Lipinski definition) is 2. The Morgan fingerprint density at radius 3 is 3.27 bits per heavy atom. The van der Waals surface area contributed by atoms with Gasteiger partial charge < -0.3 is 14.8 Å². The second-order valence-electron chi connectivity index (χ2n) is 3.79. The summed E-state index contributed by atoms with van der Waals surface area (Å²) >= 11 is 0. The molecular formula is C10H14N2O3. The maximum Gasteiger partial charge on any atom is 0.309 e. The van der Waals surface area contributed by atoms with Gasteiger partial charge in [0.2, 0.25) is 0 Å². The van der Waals surface area contributed by atoms with Crippen molar-refractivity contribution in [2.24, 2.45) is 0 Å². The van der Waals surface area contributed by atoms with E-state index in [0.717, 1.165) is 25.9 Å². The van der Waals surface area contributed by atoms with Gasteiger partial charge in [-0.2, -0.15) is 0 Å². The number of rotatable bonds is 3. The molecule has 2 rings (SSSR count). The van der Waals surface area contributed by atoms with Crippen molar-refractivity contribution >= 4 is 5.97 Å². The van der Waals surface area contributed by atoms with Crippen LogP contribution in [0.5, 0.6) is 0 Å². The standard InChI is InChI=1S/C10H14N2O3/c13-9(14)4-8-6-15-10(12-8)7-2-1-3-11-5-7/h6-7,11H,1-5H2,(H,13,14). The van der Waals surface area contributed by atoms with E-state index in [1.807, 2.05) is 0 Å². The molecule has 1 atom stereocenters. The molecule has 0 aliphatic carbocycles. The Kier molecular flexibility index (Phi) is 3.01. The zero-order chi connectivity index (χ0) is 10.7. The maximum atomic E-state index is 10.5. The van der Waals surface area contributed by atoms with E-state index < -0.39 is 5.97 Å². The highest BCUT2D eigenvalue weighted by atomic mass is 16.4. The summed E-state index contributed by atoms with van der Waals surface area (Å²) in [6.45, 7) is 1.91. The fourth-order valence-corrected chi connectivity index (χ4v) is 1.81. The molecule has 0 amide bonds. The van der Waals surface area contributed by atoms with E-state index in [2.05, 4.69) is 10.3 Å². The highest BCUT2D eigenvalue weighted by molar-refractivity contribution is 5.69. The lowest BCUT2D eigenvalue weighted by Gasteiger charge is -2.19. The van der Waals surface area contributed by atoms with Gasteiger partial charge in [0, 0.05) is 12.5 Å². The van der Waals surface area contributed by atoms with Crippen molar-refractivity contribution < 1.29 is 14.3 Å². The van der Waals surface area contributed by atoms with Gasteiger partial charge in [-0.1, -0.05) is 0 Å². The number of nitrogens with one attached hydrogen (secondary N) is 1. The van der Waals surface area contributed by atoms with Crippen LogP contribution in [-0.2, 0) is 11.2 Å². The molecular weight excluding hydrogens is 196 g/mol. The second-order valence-corrected chi connectivity index (χ2v) is 3.79. The van der Waals surface area contributed by atoms with Gasteiger partial charge in [-0.05, 0) is 19.4 Å². The molecule has 0 saturated carbocycles. The summed E-state index contributed by atoms with van der Waals surface area (Å²) in [6.07, 6.45) is 3.54. The lowest BCUT2D eigenvalue weighted by atomic mass is 10.00. The van der Waals surface area contributed by atoms with Gasteiger partial charge in [-0.3, -0.25) is 4.79 Å². The third-order valence-corrected chi connectivity index (χ3v) is 2.55. The highest BCUT2D eigenvalue weighted by Gasteiger charge is 2.20. The number of aromatic nitrogens is 1. The number of nitrogens with zero attached hydrogens (tertiary/aromatic N) is 1. The Morgan fingerprint density at radius 2 is 2.60 bits per heavy atom. The van der Waals surface area contributed by atoms with Gasteiger partial charge in [0.25, 0.3) is 0 Å². The smallest absolute Gasteiger partial charge is 0.309 e. The predicted molar refractivity (Wildman–Crippen MR) is 52.7 cm³/mol. The van der Waals surface area contributed by atoms with Crippen LogP contribution >= 0.6 is 0 Å². The summed E-state index contributed by atoms with van der Waals surface area (Å²) in [5.41, 5.74) is 0.503. The Hall–Kier alpha value is -1.36. The summed E-state index contributed by atoms with van der Waals surface area (Å²) in [4.78, 5) is 14.6. The topological polar surface area (TPSA) is 75.4 Å². The van der Waals surface area contributed by atoms with Crippen LogP contribution in [0.15, 0.2) is 10.7 Å². The van der Waals surface area contributed by atoms with E-state index in [4.69, 9.17) is 9.52 Å². The zero-order valence-corrected chi connectivity index (χ0v) is 8.40. The molecule has 2 N–H and O–H groups in total. The van der Waals surface area contributed by atoms with Gasteiger partial charge in [-0.25, -0.2) is 4.98 Å². The number of oxazole rings is 1. The summed E-state index contributed by atoms with van der Waals surface area (Å²) in [5.74, 6) is 0.0800. The SMILES string of the molecule is O=C(O)Cc1coc(C2CCCNC2)n1. The van der Waals surface area contributed by atoms with Crippen LogP contribution in [0.4, 0.5) is 0 Å². The van der Waals surface area contributed by atoms with Crippen LogP contribution in [0.2, 0.25) is 0 Å². The van der Waals surface area contributed by atoms with Crippen molar-refractivity contribution in [3.05, 3.63) is 17.8 Å². The molecule has 15 heavy (non-hydrogen) atoms. The number of carboxylic acid groups (broad SMARTS) is 1. The first-order valence-corrected chi connectivity index (χ1v) is 5.12. The maximum absolute atomic E-state index is 10.5. The Labute approximate surface area is 87.5 Å². The average molecular weight is 210 g/mol. The van der Waals surface area contributed by atoms with Crippen molar-refractivity contribution in [3.8, 4) is 0 Å². The molecule has 1 saturated heterocycles. The largest absolute Gasteiger partial charge is 0.481 e. The number of carbonyl (C=O) groups is 1. The monoisotopic (exact) mass is 210 g/mol. The molecule has 0 spiro atoms. The van der Waals surface area contributed by atoms with Crippen molar-refractivity contribution in [1.82, 2.24) is 10.3 Å². The molecule has 0 radical (unpaired) electrons. The summed E-state index contributed by atoms with van der Waals surface area (Å²) in [6, 6.07) is 0. The third-order valence-electron chi connectivity index (χ3n) is 2.55. The van der Waals surface area contributed by atoms with E-state index in [1.165, 1.54) is 6.26 Å². The van der Waals surface area contributed by atoms with Crippen molar-refractivity contribution in [1.29, 1.82) is 0 Å². The average Bonchev–Trinajstić information content (AvgIpc) is 2.67. The van der Waals surface area contributed by atoms with Crippen LogP contribution in [-0.4, -0.2) is 29.1 Å². The minimum atomic E-state index is -0.878. The Bertz CT molecular complexity index is 342. The predicted octanol–water partition coefficient (Wildman–Crippen LogP) is 0.769. The number of aliphatic carboxylic acids is 1. The van der Waals surface area contributed by atoms with Crippen LogP contribution in [0, 0.1) is 0 Å². The number of hydrogen-bond acceptors (Lipinski definition) is 4. The molecule has 1 aromatic rings. The van der Waals surface area contributed by atoms with Crippen molar-refractivity contribution in [2.45, 2.75) is 25.2 Å². The molecule has 5 nitrogen and oxygen atoms in total. The van der Waals surface area contributed by atoms with E-state index in [1.54, 1.807) is 0 Å². The molecule has 0 bridgehead atoms. The molecule has 0 aromatic carbocycles. The van der Waals surface area contributed by atoms with Gasteiger partial charge in [0.05, 0.1) is 12.1 Å². The van der Waals surface area contributed by atoms with Gasteiger partial charge >= 0.3 is 5.97 Å². The second kappa shape index (κ2) is 4.44. The molecule has 1 fully saturated rings. The minimum absolute atomic E-state index is 0.0658. The fraction of sp³-hybridized carbons (Fsp3) is 0.600. The van der Waals surface area contributed by atoms with Crippen molar-refractivity contribution in [2.75, 3.05) is 13.1 Å². The first kappa shape index (κ1) is 10.2. The van der Waals surface area contributed by atoms with E-state index in [-0.39, 0.29) is 6.42 Å². The van der Waals surface area contributed by atoms with Gasteiger partial charge in [0.15, 0.2) is 5.89 Å². The molecule has 1 aliphatic heterocycles. The van der Waals surface area contributed by atoms with E-state index in [9.17, 15) is 4.79 Å². The number of carboxylic acids is 1. The molecule has 1 aromatic heterocycles. The Balaban J connectivity index is 2.02. The lowest BCUT2D eigenvalue weighted by Crippen LogP contribution is -2.28. The first-order chi connectivity index (χ1) is 7.25. The molecule has 1 aliphatic rings. The van der Waals surface area contributed by atoms with Crippen molar-refractivity contribution in [3.63, 3.8) is 0 Å². The fourth-order valence-electron chi connectivity index (χ4n) is 1.81. The molecule has 82 valence electrons. The highest BCUT2D eigenvalue weighted by Crippen LogP contribution is 2.22. The van der Waals surface area contributed by atoms with Crippen LogP contribution in [0.3, 0.4) is 0 Å². The van der Waals surface area contributed by atoms with Crippen LogP contribution in [0.1, 0.15) is 30.3 Å². The molecule has 5 heteroatoms. The zero-order valence-electron chi connectivity index (χ0n) is 8.40. The lowest BCUT2D eigenvalue weighted by molar-refractivity contribution is -0.136. The molecule has 2 heterocycles. The third kappa shape index (κ3) is 2.56. The van der Waals surface area contributed by atoms with Gasteiger partial charge in [-0.15, -0.1) is 0 Å².